The molecule has 5 aromatic rings. The third-order valence-corrected chi connectivity index (χ3v) is 7.84. The number of amides is 1. The lowest BCUT2D eigenvalue weighted by atomic mass is 10.1. The monoisotopic (exact) mass is 492 g/mol. The maximum Gasteiger partial charge on any atom is 0.258 e. The molecule has 166 valence electrons. The molecule has 4 aromatic heterocycles. The number of rotatable bonds is 7. The highest BCUT2D eigenvalue weighted by atomic mass is 32.2. The smallest absolute Gasteiger partial charge is 0.258 e. The van der Waals surface area contributed by atoms with Crippen LogP contribution in [0.4, 0.5) is 5.13 Å². The highest BCUT2D eigenvalue weighted by Crippen LogP contribution is 2.31. The Balaban J connectivity index is 1.41. The van der Waals surface area contributed by atoms with Gasteiger partial charge in [-0.15, -0.1) is 21.5 Å². The minimum Gasteiger partial charge on any atom is -0.296 e. The summed E-state index contributed by atoms with van der Waals surface area (Å²) in [5.41, 5.74) is 3.17. The van der Waals surface area contributed by atoms with E-state index in [-0.39, 0.29) is 11.9 Å². The standard InChI is InChI=1S/C23H20N6OS3/c1-14(2)29-20-17(12-24-29)16(11-18(25-20)19-9-6-10-31-19)21(30)26-22-27-28-23(33-22)32-13-15-7-4-3-5-8-15/h3-12,14H,13H2,1-2H3,(H,26,27,30). The molecule has 0 atom stereocenters. The number of benzene rings is 1. The highest BCUT2D eigenvalue weighted by molar-refractivity contribution is 8.00. The van der Waals surface area contributed by atoms with Crippen LogP contribution in [0, 0.1) is 0 Å². The van der Waals surface area contributed by atoms with Crippen molar-refractivity contribution in [3.8, 4) is 10.6 Å². The van der Waals surface area contributed by atoms with E-state index in [1.165, 1.54) is 16.9 Å². The van der Waals surface area contributed by atoms with Crippen LogP contribution in [-0.4, -0.2) is 30.9 Å². The van der Waals surface area contributed by atoms with Crippen LogP contribution in [0.2, 0.25) is 0 Å². The Morgan fingerprint density at radius 2 is 2.00 bits per heavy atom. The van der Waals surface area contributed by atoms with Crippen molar-refractivity contribution in [2.75, 3.05) is 5.32 Å². The largest absolute Gasteiger partial charge is 0.296 e. The minimum absolute atomic E-state index is 0.122. The summed E-state index contributed by atoms with van der Waals surface area (Å²) < 4.78 is 2.65. The van der Waals surface area contributed by atoms with Crippen LogP contribution in [0.15, 0.2) is 64.4 Å². The van der Waals surface area contributed by atoms with Crippen LogP contribution in [-0.2, 0) is 5.75 Å². The molecule has 5 rings (SSSR count). The number of anilines is 1. The molecule has 0 radical (unpaired) electrons. The number of nitrogens with one attached hydrogen (secondary N) is 1. The predicted octanol–water partition coefficient (Wildman–Crippen LogP) is 6.14. The van der Waals surface area contributed by atoms with Crippen molar-refractivity contribution in [1.29, 1.82) is 0 Å². The lowest BCUT2D eigenvalue weighted by Gasteiger charge is -2.09. The van der Waals surface area contributed by atoms with Gasteiger partial charge in [-0.3, -0.25) is 10.1 Å². The van der Waals surface area contributed by atoms with E-state index >= 15 is 0 Å². The molecule has 0 aliphatic rings. The Labute approximate surface area is 202 Å². The molecule has 1 aromatic carbocycles. The second-order valence-electron chi connectivity index (χ2n) is 7.55. The average Bonchev–Trinajstić information content (AvgIpc) is 3.58. The van der Waals surface area contributed by atoms with Gasteiger partial charge in [0.15, 0.2) is 9.99 Å². The van der Waals surface area contributed by atoms with Crippen LogP contribution < -0.4 is 5.32 Å². The van der Waals surface area contributed by atoms with Crippen molar-refractivity contribution in [3.05, 3.63) is 71.2 Å². The molecule has 0 spiro atoms. The molecule has 0 aliphatic carbocycles. The van der Waals surface area contributed by atoms with Gasteiger partial charge in [-0.05, 0) is 36.9 Å². The van der Waals surface area contributed by atoms with Crippen molar-refractivity contribution >= 4 is 56.5 Å². The summed E-state index contributed by atoms with van der Waals surface area (Å²) in [5, 5.41) is 18.9. The van der Waals surface area contributed by atoms with Crippen molar-refractivity contribution in [1.82, 2.24) is 25.0 Å². The molecule has 0 unspecified atom stereocenters. The summed E-state index contributed by atoms with van der Waals surface area (Å²) in [6.07, 6.45) is 1.71. The molecule has 10 heteroatoms. The van der Waals surface area contributed by atoms with Crippen LogP contribution >= 0.6 is 34.4 Å². The Morgan fingerprint density at radius 3 is 2.76 bits per heavy atom. The number of thiophene rings is 1. The fourth-order valence-electron chi connectivity index (χ4n) is 3.34. The molecule has 0 fully saturated rings. The predicted molar refractivity (Wildman–Crippen MR) is 135 cm³/mol. The van der Waals surface area contributed by atoms with E-state index in [1.54, 1.807) is 29.3 Å². The van der Waals surface area contributed by atoms with Gasteiger partial charge in [-0.2, -0.15) is 5.10 Å². The van der Waals surface area contributed by atoms with Crippen LogP contribution in [0.1, 0.15) is 35.8 Å². The maximum absolute atomic E-state index is 13.3. The van der Waals surface area contributed by atoms with E-state index in [2.05, 4.69) is 32.7 Å². The van der Waals surface area contributed by atoms with Crippen LogP contribution in [0.25, 0.3) is 21.6 Å². The second-order valence-corrected chi connectivity index (χ2v) is 10.7. The van der Waals surface area contributed by atoms with Gasteiger partial charge in [0, 0.05) is 11.8 Å². The fraction of sp³-hybridized carbons (Fsp3) is 0.174. The average molecular weight is 493 g/mol. The van der Waals surface area contributed by atoms with Gasteiger partial charge in [0.05, 0.1) is 27.7 Å². The SMILES string of the molecule is CC(C)n1ncc2c(C(=O)Nc3nnc(SCc4ccccc4)s3)cc(-c3cccs3)nc21. The molecule has 33 heavy (non-hydrogen) atoms. The number of hydrogen-bond donors (Lipinski definition) is 1. The summed E-state index contributed by atoms with van der Waals surface area (Å²) in [7, 11) is 0. The Kier molecular flexibility index (Phi) is 6.21. The first-order chi connectivity index (χ1) is 16.1. The quantitative estimate of drug-likeness (QED) is 0.217. The molecular formula is C23H20N6OS3. The molecule has 0 bridgehead atoms. The number of nitrogens with zero attached hydrogens (tertiary/aromatic N) is 5. The van der Waals surface area contributed by atoms with Crippen molar-refractivity contribution in [2.45, 2.75) is 30.0 Å². The molecule has 0 aliphatic heterocycles. The molecule has 1 N–H and O–H groups in total. The van der Waals surface area contributed by atoms with E-state index in [1.807, 2.05) is 60.3 Å². The number of thioether (sulfide) groups is 1. The van der Waals surface area contributed by atoms with Gasteiger partial charge in [0.25, 0.3) is 5.91 Å². The topological polar surface area (TPSA) is 85.6 Å². The third-order valence-electron chi connectivity index (χ3n) is 4.91. The van der Waals surface area contributed by atoms with E-state index in [9.17, 15) is 4.79 Å². The van der Waals surface area contributed by atoms with Gasteiger partial charge >= 0.3 is 0 Å². The number of fused-ring (bicyclic) bond motifs is 1. The van der Waals surface area contributed by atoms with Gasteiger partial charge in [-0.25, -0.2) is 9.67 Å². The fourth-order valence-corrected chi connectivity index (χ4v) is 5.73. The first-order valence-corrected chi connectivity index (χ1v) is 13.0. The van der Waals surface area contributed by atoms with E-state index < -0.39 is 0 Å². The summed E-state index contributed by atoms with van der Waals surface area (Å²) in [4.78, 5) is 19.1. The lowest BCUT2D eigenvalue weighted by Crippen LogP contribution is -2.13. The molecule has 4 heterocycles. The summed E-state index contributed by atoms with van der Waals surface area (Å²) in [5.74, 6) is 0.548. The molecular weight excluding hydrogens is 472 g/mol. The molecule has 7 nitrogen and oxygen atoms in total. The van der Waals surface area contributed by atoms with Gasteiger partial charge < -0.3 is 0 Å². The zero-order valence-corrected chi connectivity index (χ0v) is 20.4. The minimum atomic E-state index is -0.251. The Hall–Kier alpha value is -3.08. The number of hydrogen-bond acceptors (Lipinski definition) is 8. The van der Waals surface area contributed by atoms with Crippen molar-refractivity contribution in [2.24, 2.45) is 0 Å². The maximum atomic E-state index is 13.3. The summed E-state index contributed by atoms with van der Waals surface area (Å²) in [6.45, 7) is 4.09. The highest BCUT2D eigenvalue weighted by Gasteiger charge is 2.20. The van der Waals surface area contributed by atoms with Gasteiger partial charge in [0.2, 0.25) is 5.13 Å². The first kappa shape index (κ1) is 21.7. The van der Waals surface area contributed by atoms with Crippen LogP contribution in [0.3, 0.4) is 0 Å². The third kappa shape index (κ3) is 4.68. The zero-order valence-electron chi connectivity index (χ0n) is 17.9. The zero-order chi connectivity index (χ0) is 22.8. The number of carbonyl (C=O) groups is 1. The summed E-state index contributed by atoms with van der Waals surface area (Å²) in [6, 6.07) is 16.1. The van der Waals surface area contributed by atoms with Crippen molar-refractivity contribution < 1.29 is 4.79 Å². The molecule has 0 saturated carbocycles. The number of carbonyl (C=O) groups excluding carboxylic acids is 1. The number of aromatic nitrogens is 5. The second kappa shape index (κ2) is 9.42. The van der Waals surface area contributed by atoms with E-state index in [4.69, 9.17) is 4.98 Å². The first-order valence-electron chi connectivity index (χ1n) is 10.3. The lowest BCUT2D eigenvalue weighted by molar-refractivity contribution is 0.102. The Bertz CT molecular complexity index is 1390. The number of pyridine rings is 1. The van der Waals surface area contributed by atoms with E-state index in [0.29, 0.717) is 21.7 Å². The van der Waals surface area contributed by atoms with E-state index in [0.717, 1.165) is 20.7 Å². The van der Waals surface area contributed by atoms with Gasteiger partial charge in [-0.1, -0.05) is 59.5 Å². The molecule has 0 saturated heterocycles. The van der Waals surface area contributed by atoms with Crippen molar-refractivity contribution in [3.63, 3.8) is 0 Å². The molecule has 1 amide bonds. The summed E-state index contributed by atoms with van der Waals surface area (Å²) >= 11 is 4.55. The normalized spacial score (nSPS) is 11.4. The Morgan fingerprint density at radius 1 is 1.15 bits per heavy atom. The van der Waals surface area contributed by atoms with Gasteiger partial charge in [0.1, 0.15) is 0 Å². The van der Waals surface area contributed by atoms with Crippen LogP contribution in [0.5, 0.6) is 0 Å².